The number of aromatic amines is 1. The predicted octanol–water partition coefficient (Wildman–Crippen LogP) is 0.668. The summed E-state index contributed by atoms with van der Waals surface area (Å²) in [7, 11) is 0. The topological polar surface area (TPSA) is 105 Å². The molecule has 2 aromatic rings. The minimum atomic E-state index is -0.854. The molecule has 0 aliphatic carbocycles. The van der Waals surface area contributed by atoms with E-state index in [1.54, 1.807) is 6.07 Å². The SMILES string of the molecule is O=c1[nH]c(=O)n([C@@H]2CC(O)[C@H](CO)O2)cc1-c1ccc(Br)s1. The van der Waals surface area contributed by atoms with Crippen molar-refractivity contribution in [3.8, 4) is 10.4 Å². The molecule has 1 saturated heterocycles. The Balaban J connectivity index is 2.03. The predicted molar refractivity (Wildman–Crippen MR) is 84.0 cm³/mol. The second kappa shape index (κ2) is 6.09. The number of nitrogens with one attached hydrogen (secondary N) is 1. The number of nitrogens with zero attached hydrogens (tertiary/aromatic N) is 1. The van der Waals surface area contributed by atoms with Crippen LogP contribution < -0.4 is 11.2 Å². The zero-order valence-electron chi connectivity index (χ0n) is 11.2. The van der Waals surface area contributed by atoms with E-state index in [-0.39, 0.29) is 13.0 Å². The number of aliphatic hydroxyl groups is 2. The fourth-order valence-corrected chi connectivity index (χ4v) is 3.78. The lowest BCUT2D eigenvalue weighted by Crippen LogP contribution is -2.33. The Kier molecular flexibility index (Phi) is 4.33. The average Bonchev–Trinajstić information content (AvgIpc) is 3.05. The number of hydrogen-bond donors (Lipinski definition) is 3. The zero-order chi connectivity index (χ0) is 15.9. The van der Waals surface area contributed by atoms with Crippen molar-refractivity contribution in [1.29, 1.82) is 0 Å². The molecule has 3 atom stereocenters. The number of ether oxygens (including phenoxy) is 1. The highest BCUT2D eigenvalue weighted by molar-refractivity contribution is 9.11. The van der Waals surface area contributed by atoms with Crippen LogP contribution in [0, 0.1) is 0 Å². The second-order valence-corrected chi connectivity index (χ2v) is 7.39. The molecule has 0 radical (unpaired) electrons. The molecule has 1 aliphatic heterocycles. The van der Waals surface area contributed by atoms with Gasteiger partial charge in [-0.3, -0.25) is 14.3 Å². The molecule has 1 aliphatic rings. The summed E-state index contributed by atoms with van der Waals surface area (Å²) in [4.78, 5) is 27.0. The number of aliphatic hydroxyl groups excluding tert-OH is 2. The van der Waals surface area contributed by atoms with Gasteiger partial charge in [0.2, 0.25) is 0 Å². The number of H-pyrrole nitrogens is 1. The van der Waals surface area contributed by atoms with Crippen LogP contribution in [-0.2, 0) is 4.74 Å². The summed E-state index contributed by atoms with van der Waals surface area (Å²) in [6.45, 7) is -0.333. The van der Waals surface area contributed by atoms with Crippen LogP contribution in [0.25, 0.3) is 10.4 Å². The molecule has 22 heavy (non-hydrogen) atoms. The van der Waals surface area contributed by atoms with E-state index in [9.17, 15) is 14.7 Å². The highest BCUT2D eigenvalue weighted by atomic mass is 79.9. The van der Waals surface area contributed by atoms with Gasteiger partial charge in [0, 0.05) is 17.5 Å². The van der Waals surface area contributed by atoms with Crippen molar-refractivity contribution < 1.29 is 14.9 Å². The highest BCUT2D eigenvalue weighted by Gasteiger charge is 2.35. The molecule has 7 nitrogen and oxygen atoms in total. The van der Waals surface area contributed by atoms with Crippen molar-refractivity contribution in [3.63, 3.8) is 0 Å². The first-order chi connectivity index (χ1) is 10.5. The van der Waals surface area contributed by atoms with E-state index in [0.717, 1.165) is 3.79 Å². The van der Waals surface area contributed by atoms with Gasteiger partial charge < -0.3 is 14.9 Å². The van der Waals surface area contributed by atoms with Crippen molar-refractivity contribution in [2.24, 2.45) is 0 Å². The Morgan fingerprint density at radius 1 is 1.45 bits per heavy atom. The fraction of sp³-hybridized carbons (Fsp3) is 0.385. The van der Waals surface area contributed by atoms with E-state index in [0.29, 0.717) is 10.4 Å². The van der Waals surface area contributed by atoms with Crippen LogP contribution in [0.3, 0.4) is 0 Å². The monoisotopic (exact) mass is 388 g/mol. The molecule has 118 valence electrons. The third-order valence-electron chi connectivity index (χ3n) is 3.50. The molecule has 0 aromatic carbocycles. The molecule has 9 heteroatoms. The molecule has 0 spiro atoms. The van der Waals surface area contributed by atoms with Gasteiger partial charge in [-0.2, -0.15) is 0 Å². The molecule has 1 unspecified atom stereocenters. The number of aromatic nitrogens is 2. The van der Waals surface area contributed by atoms with E-state index in [2.05, 4.69) is 20.9 Å². The standard InChI is InChI=1S/C13H13BrN2O5S/c14-10-2-1-9(22-10)6-4-16(13(20)15-12(6)19)11-3-7(18)8(5-17)21-11/h1-2,4,7-8,11,17-18H,3,5H2,(H,15,19,20)/t7?,8-,11-/m0/s1. The van der Waals surface area contributed by atoms with Crippen LogP contribution in [-0.4, -0.2) is 38.6 Å². The Hall–Kier alpha value is -1.26. The fourth-order valence-electron chi connectivity index (χ4n) is 2.38. The smallest absolute Gasteiger partial charge is 0.330 e. The maximum atomic E-state index is 12.0. The molecule has 3 N–H and O–H groups in total. The number of hydrogen-bond acceptors (Lipinski definition) is 6. The lowest BCUT2D eigenvalue weighted by molar-refractivity contribution is -0.0458. The summed E-state index contributed by atoms with van der Waals surface area (Å²) in [5.74, 6) is 0. The van der Waals surface area contributed by atoms with Gasteiger partial charge in [-0.25, -0.2) is 4.79 Å². The first kappa shape index (κ1) is 15.6. The van der Waals surface area contributed by atoms with E-state index in [4.69, 9.17) is 9.84 Å². The summed E-state index contributed by atoms with van der Waals surface area (Å²) in [5, 5.41) is 18.9. The first-order valence-electron chi connectivity index (χ1n) is 6.55. The molecular formula is C13H13BrN2O5S. The van der Waals surface area contributed by atoms with Crippen LogP contribution in [0.1, 0.15) is 12.6 Å². The lowest BCUT2D eigenvalue weighted by atomic mass is 10.2. The van der Waals surface area contributed by atoms with Crippen LogP contribution in [0.4, 0.5) is 0 Å². The summed E-state index contributed by atoms with van der Waals surface area (Å²) >= 11 is 4.70. The van der Waals surface area contributed by atoms with Crippen LogP contribution in [0.5, 0.6) is 0 Å². The van der Waals surface area contributed by atoms with E-state index < -0.39 is 29.7 Å². The zero-order valence-corrected chi connectivity index (χ0v) is 13.6. The van der Waals surface area contributed by atoms with Crippen molar-refractivity contribution in [2.75, 3.05) is 6.61 Å². The molecular weight excluding hydrogens is 376 g/mol. The van der Waals surface area contributed by atoms with E-state index >= 15 is 0 Å². The Morgan fingerprint density at radius 3 is 2.82 bits per heavy atom. The van der Waals surface area contributed by atoms with Gasteiger partial charge in [0.05, 0.1) is 22.1 Å². The Morgan fingerprint density at radius 2 is 2.23 bits per heavy atom. The van der Waals surface area contributed by atoms with Gasteiger partial charge in [0.25, 0.3) is 5.56 Å². The maximum absolute atomic E-state index is 12.0. The van der Waals surface area contributed by atoms with Crippen LogP contribution in [0.2, 0.25) is 0 Å². The summed E-state index contributed by atoms with van der Waals surface area (Å²) in [5.41, 5.74) is -0.742. The minimum Gasteiger partial charge on any atom is -0.394 e. The second-order valence-electron chi connectivity index (χ2n) is 4.93. The first-order valence-corrected chi connectivity index (χ1v) is 8.16. The molecule has 0 bridgehead atoms. The average molecular weight is 389 g/mol. The molecule has 3 heterocycles. The molecule has 1 fully saturated rings. The minimum absolute atomic E-state index is 0.171. The van der Waals surface area contributed by atoms with E-state index in [1.807, 2.05) is 6.07 Å². The normalized spacial score (nSPS) is 24.8. The summed E-state index contributed by atoms with van der Waals surface area (Å²) in [6, 6.07) is 3.58. The number of halogens is 1. The van der Waals surface area contributed by atoms with E-state index in [1.165, 1.54) is 22.1 Å². The number of thiophene rings is 1. The Labute approximate surface area is 136 Å². The summed E-state index contributed by atoms with van der Waals surface area (Å²) < 4.78 is 7.57. The van der Waals surface area contributed by atoms with Gasteiger partial charge in [-0.05, 0) is 28.1 Å². The molecule has 0 saturated carbocycles. The van der Waals surface area contributed by atoms with Gasteiger partial charge in [-0.15, -0.1) is 11.3 Å². The third-order valence-corrected chi connectivity index (χ3v) is 5.16. The van der Waals surface area contributed by atoms with Gasteiger partial charge in [-0.1, -0.05) is 0 Å². The number of rotatable bonds is 3. The largest absolute Gasteiger partial charge is 0.394 e. The van der Waals surface area contributed by atoms with Crippen molar-refractivity contribution in [2.45, 2.75) is 24.9 Å². The quantitative estimate of drug-likeness (QED) is 0.716. The maximum Gasteiger partial charge on any atom is 0.330 e. The Bertz CT molecular complexity index is 798. The van der Waals surface area contributed by atoms with Crippen molar-refractivity contribution >= 4 is 27.3 Å². The molecule has 3 rings (SSSR count). The van der Waals surface area contributed by atoms with Gasteiger partial charge in [0.1, 0.15) is 12.3 Å². The van der Waals surface area contributed by atoms with Crippen LogP contribution in [0.15, 0.2) is 31.7 Å². The van der Waals surface area contributed by atoms with Crippen molar-refractivity contribution in [3.05, 3.63) is 43.0 Å². The van der Waals surface area contributed by atoms with Gasteiger partial charge in [0.15, 0.2) is 0 Å². The summed E-state index contributed by atoms with van der Waals surface area (Å²) in [6.07, 6.45) is -0.712. The highest BCUT2D eigenvalue weighted by Crippen LogP contribution is 2.31. The molecule has 0 amide bonds. The lowest BCUT2D eigenvalue weighted by Gasteiger charge is -2.15. The van der Waals surface area contributed by atoms with Gasteiger partial charge >= 0.3 is 5.69 Å². The third kappa shape index (κ3) is 2.82. The van der Waals surface area contributed by atoms with Crippen LogP contribution >= 0.6 is 27.3 Å². The van der Waals surface area contributed by atoms with Crippen molar-refractivity contribution in [1.82, 2.24) is 9.55 Å². The molecule has 2 aromatic heterocycles.